The molecule has 1 rings (SSSR count). The average molecular weight is 227 g/mol. The normalized spacial score (nSPS) is 20.4. The Bertz CT molecular complexity index is 266. The van der Waals surface area contributed by atoms with Crippen molar-refractivity contribution in [2.75, 3.05) is 6.54 Å². The maximum atomic E-state index is 11.1. The van der Waals surface area contributed by atoms with Crippen LogP contribution in [0, 0.1) is 5.41 Å². The van der Waals surface area contributed by atoms with Crippen LogP contribution in [0.15, 0.2) is 0 Å². The smallest absolute Gasteiger partial charge is 0.318 e. The molecule has 0 saturated heterocycles. The van der Waals surface area contributed by atoms with Gasteiger partial charge in [0.1, 0.15) is 0 Å². The third-order valence-corrected chi connectivity index (χ3v) is 3.15. The van der Waals surface area contributed by atoms with Crippen LogP contribution in [-0.2, 0) is 4.79 Å². The van der Waals surface area contributed by atoms with Crippen molar-refractivity contribution in [1.82, 2.24) is 10.6 Å². The molecule has 1 saturated carbocycles. The van der Waals surface area contributed by atoms with Gasteiger partial charge in [0.15, 0.2) is 0 Å². The number of imide groups is 1. The van der Waals surface area contributed by atoms with Gasteiger partial charge in [-0.05, 0) is 31.1 Å². The van der Waals surface area contributed by atoms with Crippen molar-refractivity contribution in [2.45, 2.75) is 45.6 Å². The Hall–Kier alpha value is -1.10. The van der Waals surface area contributed by atoms with E-state index in [1.165, 1.54) is 12.8 Å². The highest BCUT2D eigenvalue weighted by Crippen LogP contribution is 2.34. The first-order valence-corrected chi connectivity index (χ1v) is 5.72. The molecule has 4 N–H and O–H groups in total. The lowest BCUT2D eigenvalue weighted by Crippen LogP contribution is -2.44. The van der Waals surface area contributed by atoms with Gasteiger partial charge in [-0.3, -0.25) is 10.1 Å². The van der Waals surface area contributed by atoms with Gasteiger partial charge >= 0.3 is 6.03 Å². The molecule has 0 bridgehead atoms. The Kier molecular flexibility index (Phi) is 4.29. The Morgan fingerprint density at radius 1 is 1.31 bits per heavy atom. The number of carbonyl (C=O) groups is 2. The number of primary amides is 1. The molecule has 0 spiro atoms. The highest BCUT2D eigenvalue weighted by atomic mass is 16.2. The van der Waals surface area contributed by atoms with Crippen LogP contribution in [0.3, 0.4) is 0 Å². The summed E-state index contributed by atoms with van der Waals surface area (Å²) in [5, 5.41) is 5.18. The molecule has 0 aromatic rings. The Balaban J connectivity index is 2.20. The van der Waals surface area contributed by atoms with Gasteiger partial charge < -0.3 is 11.1 Å². The molecule has 92 valence electrons. The Morgan fingerprint density at radius 3 is 2.38 bits per heavy atom. The molecule has 3 amide bonds. The van der Waals surface area contributed by atoms with E-state index in [9.17, 15) is 9.59 Å². The van der Waals surface area contributed by atoms with Crippen LogP contribution in [0.1, 0.15) is 39.5 Å². The summed E-state index contributed by atoms with van der Waals surface area (Å²) < 4.78 is 0. The zero-order valence-electron chi connectivity index (χ0n) is 10.0. The quantitative estimate of drug-likeness (QED) is 0.665. The fourth-order valence-corrected chi connectivity index (χ4v) is 2.02. The van der Waals surface area contributed by atoms with Gasteiger partial charge in [0.05, 0.1) is 6.54 Å². The Labute approximate surface area is 96.1 Å². The molecule has 5 nitrogen and oxygen atoms in total. The monoisotopic (exact) mass is 227 g/mol. The van der Waals surface area contributed by atoms with Gasteiger partial charge in [0, 0.05) is 6.04 Å². The predicted molar refractivity (Wildman–Crippen MR) is 61.8 cm³/mol. The van der Waals surface area contributed by atoms with Gasteiger partial charge in [-0.2, -0.15) is 0 Å². The summed E-state index contributed by atoms with van der Waals surface area (Å²) >= 11 is 0. The van der Waals surface area contributed by atoms with E-state index in [1.807, 2.05) is 5.32 Å². The standard InChI is InChI=1S/C11H21N3O2/c1-11(2)5-3-8(4-6-11)13-7-9(15)14-10(12)16/h8,13H,3-7H2,1-2H3,(H3,12,14,15,16). The lowest BCUT2D eigenvalue weighted by molar-refractivity contribution is -0.119. The van der Waals surface area contributed by atoms with Crippen LogP contribution in [0.25, 0.3) is 0 Å². The first kappa shape index (κ1) is 13.0. The zero-order chi connectivity index (χ0) is 12.2. The van der Waals surface area contributed by atoms with E-state index >= 15 is 0 Å². The van der Waals surface area contributed by atoms with Gasteiger partial charge in [-0.1, -0.05) is 13.8 Å². The second-order valence-corrected chi connectivity index (χ2v) is 5.23. The first-order valence-electron chi connectivity index (χ1n) is 5.72. The van der Waals surface area contributed by atoms with Crippen LogP contribution in [-0.4, -0.2) is 24.5 Å². The number of carbonyl (C=O) groups excluding carboxylic acids is 2. The Morgan fingerprint density at radius 2 is 1.88 bits per heavy atom. The number of nitrogens with one attached hydrogen (secondary N) is 2. The van der Waals surface area contributed by atoms with Crippen molar-refractivity contribution in [3.63, 3.8) is 0 Å². The molecule has 16 heavy (non-hydrogen) atoms. The van der Waals surface area contributed by atoms with E-state index < -0.39 is 6.03 Å². The fraction of sp³-hybridized carbons (Fsp3) is 0.818. The molecular formula is C11H21N3O2. The molecule has 1 aliphatic carbocycles. The molecule has 1 fully saturated rings. The number of urea groups is 1. The molecular weight excluding hydrogens is 206 g/mol. The van der Waals surface area contributed by atoms with Crippen molar-refractivity contribution < 1.29 is 9.59 Å². The topological polar surface area (TPSA) is 84.2 Å². The van der Waals surface area contributed by atoms with Gasteiger partial charge in [-0.15, -0.1) is 0 Å². The van der Waals surface area contributed by atoms with Gasteiger partial charge in [0.2, 0.25) is 5.91 Å². The third kappa shape index (κ3) is 4.61. The van der Waals surface area contributed by atoms with Crippen LogP contribution >= 0.6 is 0 Å². The molecule has 0 heterocycles. The van der Waals surface area contributed by atoms with E-state index in [2.05, 4.69) is 19.2 Å². The minimum absolute atomic E-state index is 0.161. The summed E-state index contributed by atoms with van der Waals surface area (Å²) in [4.78, 5) is 21.6. The van der Waals surface area contributed by atoms with Crippen molar-refractivity contribution >= 4 is 11.9 Å². The fourth-order valence-electron chi connectivity index (χ4n) is 2.02. The van der Waals surface area contributed by atoms with E-state index in [4.69, 9.17) is 5.73 Å². The van der Waals surface area contributed by atoms with Crippen molar-refractivity contribution in [2.24, 2.45) is 11.1 Å². The maximum absolute atomic E-state index is 11.1. The number of rotatable bonds is 3. The lowest BCUT2D eigenvalue weighted by Gasteiger charge is -2.34. The summed E-state index contributed by atoms with van der Waals surface area (Å²) in [6, 6.07) is -0.414. The second kappa shape index (κ2) is 5.30. The molecule has 0 aromatic carbocycles. The largest absolute Gasteiger partial charge is 0.351 e. The van der Waals surface area contributed by atoms with E-state index in [-0.39, 0.29) is 12.5 Å². The molecule has 0 aliphatic heterocycles. The van der Waals surface area contributed by atoms with Crippen LogP contribution < -0.4 is 16.4 Å². The van der Waals surface area contributed by atoms with E-state index in [0.717, 1.165) is 12.8 Å². The summed E-state index contributed by atoms with van der Waals surface area (Å²) in [5.41, 5.74) is 5.26. The van der Waals surface area contributed by atoms with E-state index in [1.54, 1.807) is 0 Å². The van der Waals surface area contributed by atoms with E-state index in [0.29, 0.717) is 11.5 Å². The maximum Gasteiger partial charge on any atom is 0.318 e. The van der Waals surface area contributed by atoms with Crippen LogP contribution in [0.5, 0.6) is 0 Å². The average Bonchev–Trinajstić information content (AvgIpc) is 2.15. The summed E-state index contributed by atoms with van der Waals surface area (Å²) in [5.74, 6) is -0.364. The highest BCUT2D eigenvalue weighted by molar-refractivity contribution is 5.94. The van der Waals surface area contributed by atoms with Crippen molar-refractivity contribution in [3.05, 3.63) is 0 Å². The van der Waals surface area contributed by atoms with Crippen LogP contribution in [0.2, 0.25) is 0 Å². The summed E-state index contributed by atoms with van der Waals surface area (Å²) in [6.45, 7) is 4.69. The van der Waals surface area contributed by atoms with Crippen molar-refractivity contribution in [3.8, 4) is 0 Å². The molecule has 5 heteroatoms. The SMILES string of the molecule is CC1(C)CCC(NCC(=O)NC(N)=O)CC1. The predicted octanol–water partition coefficient (Wildman–Crippen LogP) is 0.740. The second-order valence-electron chi connectivity index (χ2n) is 5.23. The van der Waals surface area contributed by atoms with Crippen LogP contribution in [0.4, 0.5) is 4.79 Å². The minimum Gasteiger partial charge on any atom is -0.351 e. The number of hydrogen-bond donors (Lipinski definition) is 3. The molecule has 1 aliphatic rings. The lowest BCUT2D eigenvalue weighted by atomic mass is 9.75. The van der Waals surface area contributed by atoms with Crippen molar-refractivity contribution in [1.29, 1.82) is 0 Å². The minimum atomic E-state index is -0.795. The third-order valence-electron chi connectivity index (χ3n) is 3.15. The molecule has 0 aromatic heterocycles. The number of amides is 3. The first-order chi connectivity index (χ1) is 7.39. The molecule has 0 radical (unpaired) electrons. The van der Waals surface area contributed by atoms with Gasteiger partial charge in [0.25, 0.3) is 0 Å². The number of nitrogens with two attached hydrogens (primary N) is 1. The zero-order valence-corrected chi connectivity index (χ0v) is 10.0. The molecule has 0 unspecified atom stereocenters. The number of hydrogen-bond acceptors (Lipinski definition) is 3. The highest BCUT2D eigenvalue weighted by Gasteiger charge is 2.26. The van der Waals surface area contributed by atoms with Gasteiger partial charge in [-0.25, -0.2) is 4.79 Å². The summed E-state index contributed by atoms with van der Waals surface area (Å²) in [6.07, 6.45) is 4.50. The summed E-state index contributed by atoms with van der Waals surface area (Å²) in [7, 11) is 0. The molecule has 0 atom stereocenters.